The van der Waals surface area contributed by atoms with Crippen LogP contribution < -0.4 is 0 Å². The van der Waals surface area contributed by atoms with E-state index >= 15 is 0 Å². The largest absolute Gasteiger partial charge is 0.191 e. The third kappa shape index (κ3) is 1.78. The number of allylic oxidation sites excluding steroid dienone is 2. The second kappa shape index (κ2) is 4.06. The van der Waals surface area contributed by atoms with Gasteiger partial charge in [0.1, 0.15) is 0 Å². The molecule has 0 aromatic heterocycles. The molecule has 0 bridgehead atoms. The summed E-state index contributed by atoms with van der Waals surface area (Å²) in [6.07, 6.45) is 0. The molecular weight excluding hydrogens is 275 g/mol. The molecule has 2 rings (SSSR count). The molecule has 0 aromatic rings. The molecule has 0 aromatic carbocycles. The lowest BCUT2D eigenvalue weighted by Gasteiger charge is -1.96. The van der Waals surface area contributed by atoms with E-state index in [0.717, 1.165) is 9.81 Å². The van der Waals surface area contributed by atoms with Crippen LogP contribution in [0.5, 0.6) is 0 Å². The van der Waals surface area contributed by atoms with Crippen LogP contribution in [0.2, 0.25) is 0 Å². The maximum absolute atomic E-state index is 5.84. The number of hydrogen-bond donors (Lipinski definition) is 0. The third-order valence-electron chi connectivity index (χ3n) is 1.06. The lowest BCUT2D eigenvalue weighted by molar-refractivity contribution is 1.93. The summed E-state index contributed by atoms with van der Waals surface area (Å²) in [5.41, 5.74) is 0. The summed E-state index contributed by atoms with van der Waals surface area (Å²) in [4.78, 5) is 1.84. The van der Waals surface area contributed by atoms with Crippen molar-refractivity contribution in [1.29, 1.82) is 0 Å². The van der Waals surface area contributed by atoms with Gasteiger partial charge in [-0.15, -0.1) is 0 Å². The van der Waals surface area contributed by atoms with Crippen LogP contribution in [0.3, 0.4) is 0 Å². The second-order valence-electron chi connectivity index (χ2n) is 1.74. The van der Waals surface area contributed by atoms with E-state index < -0.39 is 0 Å². The minimum Gasteiger partial charge on any atom is -0.191 e. The van der Waals surface area contributed by atoms with Crippen molar-refractivity contribution in [2.24, 2.45) is 8.80 Å². The summed E-state index contributed by atoms with van der Waals surface area (Å²) in [5, 5.41) is 1.03. The Labute approximate surface area is 95.1 Å². The van der Waals surface area contributed by atoms with E-state index in [2.05, 4.69) is 8.80 Å². The molecule has 0 saturated heterocycles. The average molecular weight is 275 g/mol. The minimum atomic E-state index is 0.517. The molecule has 2 nitrogen and oxygen atoms in total. The van der Waals surface area contributed by atoms with Gasteiger partial charge in [-0.25, -0.2) is 0 Å². The Morgan fingerprint density at radius 3 is 1.50 bits per heavy atom. The fourth-order valence-corrected chi connectivity index (χ4v) is 5.74. The van der Waals surface area contributed by atoms with Gasteiger partial charge in [-0.1, -0.05) is 23.2 Å². The van der Waals surface area contributed by atoms with Gasteiger partial charge in [0.25, 0.3) is 0 Å². The number of halogens is 2. The highest BCUT2D eigenvalue weighted by Gasteiger charge is 2.25. The molecule has 64 valence electrons. The molecule has 2 aliphatic heterocycles. The summed E-state index contributed by atoms with van der Waals surface area (Å²) in [7, 11) is 5.74. The molecule has 0 amide bonds. The van der Waals surface area contributed by atoms with Crippen LogP contribution in [-0.2, 0) is 0 Å². The van der Waals surface area contributed by atoms with Crippen molar-refractivity contribution >= 4 is 77.1 Å². The lowest BCUT2D eigenvalue weighted by Crippen LogP contribution is -1.92. The molecule has 2 aliphatic rings. The fourth-order valence-electron chi connectivity index (χ4n) is 0.592. The second-order valence-corrected chi connectivity index (χ2v) is 6.16. The van der Waals surface area contributed by atoms with Crippen LogP contribution in [0.25, 0.3) is 0 Å². The van der Waals surface area contributed by atoms with Crippen LogP contribution >= 0.6 is 66.7 Å². The van der Waals surface area contributed by atoms with Crippen molar-refractivity contribution in [2.75, 3.05) is 0 Å². The fraction of sp³-hybridized carbons (Fsp3) is 0. The minimum absolute atomic E-state index is 0.517. The Bertz CT molecular complexity index is 280. The van der Waals surface area contributed by atoms with Gasteiger partial charge >= 0.3 is 0 Å². The zero-order chi connectivity index (χ0) is 8.55. The maximum Gasteiger partial charge on any atom is 0.154 e. The molecule has 2 heterocycles. The molecule has 0 fully saturated rings. The highest BCUT2D eigenvalue weighted by Crippen LogP contribution is 2.50. The van der Waals surface area contributed by atoms with Crippen LogP contribution in [0.4, 0.5) is 0 Å². The zero-order valence-corrected chi connectivity index (χ0v) is 10.1. The van der Waals surface area contributed by atoms with Gasteiger partial charge < -0.3 is 0 Å². The normalized spacial score (nSPS) is 29.2. The van der Waals surface area contributed by atoms with Crippen molar-refractivity contribution in [2.45, 2.75) is 0 Å². The summed E-state index contributed by atoms with van der Waals surface area (Å²) >= 11 is 11.7. The van der Waals surface area contributed by atoms with Crippen LogP contribution in [0, 0.1) is 0 Å². The molecule has 0 aliphatic carbocycles. The molecule has 8 heteroatoms. The predicted molar refractivity (Wildman–Crippen MR) is 64.0 cm³/mol. The topological polar surface area (TPSA) is 24.7 Å². The van der Waals surface area contributed by atoms with E-state index in [1.807, 2.05) is 0 Å². The predicted octanol–water partition coefficient (Wildman–Crippen LogP) is 4.09. The van der Waals surface area contributed by atoms with Crippen molar-refractivity contribution in [3.8, 4) is 0 Å². The van der Waals surface area contributed by atoms with E-state index in [1.54, 1.807) is 0 Å². The molecule has 0 spiro atoms. The first-order valence-electron chi connectivity index (χ1n) is 2.68. The first-order chi connectivity index (χ1) is 5.79. The zero-order valence-electron chi connectivity index (χ0n) is 5.28. The standard InChI is InChI=1S/C4Cl2N2S4/c5-3-1(9-11-7-3)2-4(6)8-12-10-2/b2-1+. The Morgan fingerprint density at radius 1 is 0.833 bits per heavy atom. The Morgan fingerprint density at radius 2 is 1.25 bits per heavy atom. The van der Waals surface area contributed by atoms with Gasteiger partial charge in [-0.2, -0.15) is 8.80 Å². The summed E-state index contributed by atoms with van der Waals surface area (Å²) in [6, 6.07) is 0. The number of hydrogen-bond acceptors (Lipinski definition) is 6. The SMILES string of the molecule is ClC1=NSS/C1=C1/SSN=C1Cl. The Hall–Kier alpha value is 1.06. The lowest BCUT2D eigenvalue weighted by atomic mass is 10.5. The molecule has 12 heavy (non-hydrogen) atoms. The van der Waals surface area contributed by atoms with Crippen molar-refractivity contribution < 1.29 is 0 Å². The molecule has 0 unspecified atom stereocenters. The van der Waals surface area contributed by atoms with Gasteiger partial charge in [0.2, 0.25) is 0 Å². The Balaban J connectivity index is 2.37. The van der Waals surface area contributed by atoms with Crippen molar-refractivity contribution in [3.63, 3.8) is 0 Å². The number of nitrogens with zero attached hydrogens (tertiary/aromatic N) is 2. The smallest absolute Gasteiger partial charge is 0.154 e. The van der Waals surface area contributed by atoms with Gasteiger partial charge in [0.05, 0.1) is 31.8 Å². The van der Waals surface area contributed by atoms with Crippen LogP contribution in [0.1, 0.15) is 0 Å². The number of rotatable bonds is 0. The summed E-state index contributed by atoms with van der Waals surface area (Å²) < 4.78 is 7.93. The molecular formula is C4Cl2N2S4. The van der Waals surface area contributed by atoms with Gasteiger partial charge in [0, 0.05) is 0 Å². The molecule has 0 N–H and O–H groups in total. The van der Waals surface area contributed by atoms with Gasteiger partial charge in [-0.3, -0.25) is 0 Å². The summed E-state index contributed by atoms with van der Waals surface area (Å²) in [6.45, 7) is 0. The Kier molecular flexibility index (Phi) is 3.25. The molecule has 0 saturated carbocycles. The van der Waals surface area contributed by atoms with Crippen LogP contribution in [0.15, 0.2) is 18.6 Å². The van der Waals surface area contributed by atoms with Crippen molar-refractivity contribution in [1.82, 2.24) is 0 Å². The summed E-state index contributed by atoms with van der Waals surface area (Å²) in [5.74, 6) is 0. The molecule has 0 radical (unpaired) electrons. The van der Waals surface area contributed by atoms with Crippen LogP contribution in [-0.4, -0.2) is 10.3 Å². The van der Waals surface area contributed by atoms with Gasteiger partial charge in [-0.05, 0) is 21.6 Å². The third-order valence-corrected chi connectivity index (χ3v) is 5.84. The van der Waals surface area contributed by atoms with E-state index in [4.69, 9.17) is 23.2 Å². The van der Waals surface area contributed by atoms with E-state index in [0.29, 0.717) is 10.3 Å². The van der Waals surface area contributed by atoms with E-state index in [-0.39, 0.29) is 0 Å². The highest BCUT2D eigenvalue weighted by molar-refractivity contribution is 8.80. The average Bonchev–Trinajstić information content (AvgIpc) is 2.59. The first-order valence-corrected chi connectivity index (χ1v) is 7.65. The molecule has 0 atom stereocenters. The monoisotopic (exact) mass is 274 g/mol. The van der Waals surface area contributed by atoms with Gasteiger partial charge in [0.15, 0.2) is 10.3 Å². The van der Waals surface area contributed by atoms with E-state index in [9.17, 15) is 0 Å². The van der Waals surface area contributed by atoms with E-state index in [1.165, 1.54) is 43.5 Å². The maximum atomic E-state index is 5.84. The highest BCUT2D eigenvalue weighted by atomic mass is 35.5. The van der Waals surface area contributed by atoms with Crippen molar-refractivity contribution in [3.05, 3.63) is 9.81 Å². The first kappa shape index (κ1) is 9.61. The quantitative estimate of drug-likeness (QED) is 0.491.